The molecule has 1 aromatic rings. The highest BCUT2D eigenvalue weighted by atomic mass is 32.2. The largest absolute Gasteiger partial charge is 0.396 e. The van der Waals surface area contributed by atoms with Gasteiger partial charge < -0.3 is 10.4 Å². The second kappa shape index (κ2) is 6.91. The van der Waals surface area contributed by atoms with Gasteiger partial charge in [-0.25, -0.2) is 4.98 Å². The summed E-state index contributed by atoms with van der Waals surface area (Å²) in [4.78, 5) is 16.5. The van der Waals surface area contributed by atoms with E-state index in [0.29, 0.717) is 12.0 Å². The molecule has 19 heavy (non-hydrogen) atoms. The molecule has 0 aliphatic carbocycles. The Morgan fingerprint density at radius 1 is 1.53 bits per heavy atom. The molecule has 0 saturated carbocycles. The molecule has 1 aromatic heterocycles. The van der Waals surface area contributed by atoms with Crippen LogP contribution in [0.1, 0.15) is 37.6 Å². The Hall–Kier alpha value is -1.07. The molecule has 0 bridgehead atoms. The third-order valence-corrected chi connectivity index (χ3v) is 3.69. The minimum atomic E-state index is -0.133. The quantitative estimate of drug-likeness (QED) is 0.814. The maximum atomic E-state index is 12.3. The fraction of sp³-hybridized carbons (Fsp3) is 0.571. The summed E-state index contributed by atoms with van der Waals surface area (Å²) in [5.74, 6) is -0.133. The average molecular weight is 282 g/mol. The van der Waals surface area contributed by atoms with Crippen molar-refractivity contribution in [3.63, 3.8) is 0 Å². The zero-order chi connectivity index (χ0) is 14.5. The van der Waals surface area contributed by atoms with Crippen molar-refractivity contribution in [1.82, 2.24) is 10.3 Å². The van der Waals surface area contributed by atoms with Crippen molar-refractivity contribution in [2.24, 2.45) is 5.41 Å². The van der Waals surface area contributed by atoms with Crippen molar-refractivity contribution in [1.29, 1.82) is 0 Å². The van der Waals surface area contributed by atoms with Crippen molar-refractivity contribution in [2.75, 3.05) is 12.9 Å². The predicted molar refractivity (Wildman–Crippen MR) is 78.4 cm³/mol. The van der Waals surface area contributed by atoms with Crippen LogP contribution in [0.3, 0.4) is 0 Å². The molecule has 1 amide bonds. The van der Waals surface area contributed by atoms with E-state index in [0.717, 1.165) is 5.03 Å². The van der Waals surface area contributed by atoms with E-state index in [1.165, 1.54) is 11.8 Å². The lowest BCUT2D eigenvalue weighted by Crippen LogP contribution is -2.44. The topological polar surface area (TPSA) is 62.2 Å². The highest BCUT2D eigenvalue weighted by molar-refractivity contribution is 7.98. The molecule has 0 fully saturated rings. The van der Waals surface area contributed by atoms with Crippen molar-refractivity contribution in [3.8, 4) is 0 Å². The summed E-state index contributed by atoms with van der Waals surface area (Å²) in [6, 6.07) is 3.46. The minimum absolute atomic E-state index is 0.0602. The fourth-order valence-corrected chi connectivity index (χ4v) is 2.36. The molecule has 2 N–H and O–H groups in total. The number of rotatable bonds is 5. The first kappa shape index (κ1) is 16.0. The summed E-state index contributed by atoms with van der Waals surface area (Å²) in [6.07, 6.45) is 4.12. The van der Waals surface area contributed by atoms with E-state index in [-0.39, 0.29) is 24.0 Å². The summed E-state index contributed by atoms with van der Waals surface area (Å²) >= 11 is 1.45. The third-order valence-electron chi connectivity index (χ3n) is 2.98. The summed E-state index contributed by atoms with van der Waals surface area (Å²) in [5.41, 5.74) is 0.488. The van der Waals surface area contributed by atoms with Crippen LogP contribution in [0.2, 0.25) is 0 Å². The Morgan fingerprint density at radius 2 is 2.21 bits per heavy atom. The Bertz CT molecular complexity index is 430. The molecule has 1 atom stereocenters. The molecule has 5 heteroatoms. The number of nitrogens with one attached hydrogen (secondary N) is 1. The van der Waals surface area contributed by atoms with Crippen LogP contribution in [-0.4, -0.2) is 34.9 Å². The average Bonchev–Trinajstić information content (AvgIpc) is 2.37. The molecule has 0 saturated heterocycles. The van der Waals surface area contributed by atoms with Crippen LogP contribution in [0.4, 0.5) is 0 Å². The van der Waals surface area contributed by atoms with Crippen molar-refractivity contribution in [2.45, 2.75) is 38.3 Å². The van der Waals surface area contributed by atoms with Crippen molar-refractivity contribution >= 4 is 17.7 Å². The van der Waals surface area contributed by atoms with Crippen LogP contribution in [0.15, 0.2) is 23.4 Å². The van der Waals surface area contributed by atoms with Crippen molar-refractivity contribution < 1.29 is 9.90 Å². The van der Waals surface area contributed by atoms with Crippen LogP contribution in [-0.2, 0) is 0 Å². The molecule has 1 unspecified atom stereocenters. The SMILES string of the molecule is CSc1ncccc1C(=O)NC(CCO)C(C)(C)C. The molecular weight excluding hydrogens is 260 g/mol. The van der Waals surface area contributed by atoms with Crippen LogP contribution >= 0.6 is 11.8 Å². The minimum Gasteiger partial charge on any atom is -0.396 e. The molecule has 0 aliphatic heterocycles. The van der Waals surface area contributed by atoms with Gasteiger partial charge in [-0.3, -0.25) is 4.79 Å². The number of hydrogen-bond donors (Lipinski definition) is 2. The van der Waals surface area contributed by atoms with Gasteiger partial charge in [0, 0.05) is 18.8 Å². The summed E-state index contributed by atoms with van der Waals surface area (Å²) < 4.78 is 0. The smallest absolute Gasteiger partial charge is 0.254 e. The van der Waals surface area contributed by atoms with E-state index in [2.05, 4.69) is 10.3 Å². The number of thioether (sulfide) groups is 1. The molecule has 1 heterocycles. The van der Waals surface area contributed by atoms with E-state index in [1.54, 1.807) is 18.3 Å². The van der Waals surface area contributed by atoms with Gasteiger partial charge in [0.05, 0.1) is 5.56 Å². The molecule has 4 nitrogen and oxygen atoms in total. The Morgan fingerprint density at radius 3 is 2.74 bits per heavy atom. The second-order valence-corrected chi connectivity index (χ2v) is 6.26. The lowest BCUT2D eigenvalue weighted by molar-refractivity contribution is 0.0881. The van der Waals surface area contributed by atoms with E-state index in [9.17, 15) is 4.79 Å². The van der Waals surface area contributed by atoms with Gasteiger partial charge in [0.15, 0.2) is 0 Å². The van der Waals surface area contributed by atoms with E-state index >= 15 is 0 Å². The summed E-state index contributed by atoms with van der Waals surface area (Å²) in [5, 5.41) is 12.8. The normalized spacial score (nSPS) is 13.1. The van der Waals surface area contributed by atoms with E-state index < -0.39 is 0 Å². The predicted octanol–water partition coefficient (Wildman–Crippen LogP) is 2.33. The second-order valence-electron chi connectivity index (χ2n) is 5.46. The molecule has 106 valence electrons. The number of pyridine rings is 1. The Balaban J connectivity index is 2.88. The van der Waals surface area contributed by atoms with Gasteiger partial charge in [0.2, 0.25) is 0 Å². The number of carbonyl (C=O) groups excluding carboxylic acids is 1. The third kappa shape index (κ3) is 4.51. The van der Waals surface area contributed by atoms with Crippen LogP contribution in [0.25, 0.3) is 0 Å². The zero-order valence-corrected chi connectivity index (χ0v) is 12.8. The Labute approximate surface area is 119 Å². The van der Waals surface area contributed by atoms with E-state index in [4.69, 9.17) is 5.11 Å². The number of aromatic nitrogens is 1. The maximum absolute atomic E-state index is 12.3. The first-order chi connectivity index (χ1) is 8.90. The van der Waals surface area contributed by atoms with Gasteiger partial charge in [-0.1, -0.05) is 20.8 Å². The zero-order valence-electron chi connectivity index (χ0n) is 11.9. The van der Waals surface area contributed by atoms with Gasteiger partial charge in [-0.05, 0) is 30.2 Å². The fourth-order valence-electron chi connectivity index (χ4n) is 1.81. The van der Waals surface area contributed by atoms with Gasteiger partial charge >= 0.3 is 0 Å². The van der Waals surface area contributed by atoms with E-state index in [1.807, 2.05) is 27.0 Å². The number of hydrogen-bond acceptors (Lipinski definition) is 4. The molecule has 0 aromatic carbocycles. The lowest BCUT2D eigenvalue weighted by atomic mass is 9.85. The Kier molecular flexibility index (Phi) is 5.82. The first-order valence-corrected chi connectivity index (χ1v) is 7.53. The molecule has 0 aliphatic rings. The summed E-state index contributed by atoms with van der Waals surface area (Å²) in [7, 11) is 0. The number of carbonyl (C=O) groups is 1. The number of aliphatic hydroxyl groups is 1. The number of amides is 1. The standard InChI is InChI=1S/C14H22N2O2S/c1-14(2,3)11(7-9-17)16-12(18)10-6-5-8-15-13(10)19-4/h5-6,8,11,17H,7,9H2,1-4H3,(H,16,18). The lowest BCUT2D eigenvalue weighted by Gasteiger charge is -2.31. The highest BCUT2D eigenvalue weighted by Gasteiger charge is 2.26. The van der Waals surface area contributed by atoms with Crippen LogP contribution in [0, 0.1) is 5.41 Å². The molecule has 1 rings (SSSR count). The summed E-state index contributed by atoms with van der Waals surface area (Å²) in [6.45, 7) is 6.20. The maximum Gasteiger partial charge on any atom is 0.254 e. The van der Waals surface area contributed by atoms with Crippen LogP contribution in [0.5, 0.6) is 0 Å². The molecular formula is C14H22N2O2S. The molecule has 0 spiro atoms. The first-order valence-electron chi connectivity index (χ1n) is 6.31. The number of nitrogens with zero attached hydrogens (tertiary/aromatic N) is 1. The number of aliphatic hydroxyl groups excluding tert-OH is 1. The monoisotopic (exact) mass is 282 g/mol. The van der Waals surface area contributed by atoms with Crippen LogP contribution < -0.4 is 5.32 Å². The van der Waals surface area contributed by atoms with Crippen molar-refractivity contribution in [3.05, 3.63) is 23.9 Å². The molecule has 0 radical (unpaired) electrons. The highest BCUT2D eigenvalue weighted by Crippen LogP contribution is 2.23. The van der Waals surface area contributed by atoms with Gasteiger partial charge in [-0.15, -0.1) is 11.8 Å². The van der Waals surface area contributed by atoms with Gasteiger partial charge in [-0.2, -0.15) is 0 Å². The van der Waals surface area contributed by atoms with Gasteiger partial charge in [0.25, 0.3) is 5.91 Å². The van der Waals surface area contributed by atoms with Gasteiger partial charge in [0.1, 0.15) is 5.03 Å².